The Bertz CT molecular complexity index is 1330. The van der Waals surface area contributed by atoms with Gasteiger partial charge in [-0.2, -0.15) is 0 Å². The highest BCUT2D eigenvalue weighted by molar-refractivity contribution is 6.12. The molecule has 0 unspecified atom stereocenters. The molecule has 0 bridgehead atoms. The molecule has 0 heterocycles. The number of hydrogen-bond donors (Lipinski definition) is 0. The average Bonchev–Trinajstić information content (AvgIpc) is 2.78. The predicted octanol–water partition coefficient (Wildman–Crippen LogP) is 7.06. The van der Waals surface area contributed by atoms with Gasteiger partial charge in [-0.05, 0) is 39.4 Å². The van der Waals surface area contributed by atoms with Crippen molar-refractivity contribution in [1.82, 2.24) is 0 Å². The van der Waals surface area contributed by atoms with Crippen molar-refractivity contribution in [1.29, 1.82) is 0 Å². The maximum Gasteiger partial charge on any atom is 0.0412 e. The number of fused-ring (bicyclic) bond motifs is 3. The summed E-state index contributed by atoms with van der Waals surface area (Å²) in [5, 5.41) is 4.93. The summed E-state index contributed by atoms with van der Waals surface area (Å²) in [7, 11) is 0. The number of hydrogen-bond acceptors (Lipinski definition) is 0. The highest BCUT2D eigenvalue weighted by atomic mass is 14.1. The number of rotatable bonds is 1. The lowest BCUT2D eigenvalue weighted by molar-refractivity contribution is 1.62. The molecule has 0 aromatic heterocycles. The van der Waals surface area contributed by atoms with Crippen LogP contribution >= 0.6 is 0 Å². The molecule has 5 aromatic carbocycles. The lowest BCUT2D eigenvalue weighted by Gasteiger charge is -2.12. The van der Waals surface area contributed by atoms with Crippen molar-refractivity contribution in [3.8, 4) is 23.0 Å². The lowest BCUT2D eigenvalue weighted by atomic mass is 9.91. The third-order valence-electron chi connectivity index (χ3n) is 5.10. The van der Waals surface area contributed by atoms with Crippen molar-refractivity contribution in [2.75, 3.05) is 0 Å². The predicted molar refractivity (Wildman–Crippen MR) is 119 cm³/mol. The summed E-state index contributed by atoms with van der Waals surface area (Å²) in [5.74, 6) is 6.89. The maximum absolute atomic E-state index is 3.51. The van der Waals surface area contributed by atoms with Gasteiger partial charge in [0.15, 0.2) is 0 Å². The van der Waals surface area contributed by atoms with Crippen molar-refractivity contribution >= 4 is 21.5 Å². The summed E-state index contributed by atoms with van der Waals surface area (Å²) in [6, 6.07) is 38.0. The molecule has 0 atom stereocenters. The molecule has 28 heavy (non-hydrogen) atoms. The van der Waals surface area contributed by atoms with Crippen LogP contribution in [-0.2, 0) is 0 Å². The Morgan fingerprint density at radius 3 is 1.93 bits per heavy atom. The Kier molecular flexibility index (Phi) is 4.13. The minimum absolute atomic E-state index is 1.03. The summed E-state index contributed by atoms with van der Waals surface area (Å²) < 4.78 is 0. The lowest BCUT2D eigenvalue weighted by Crippen LogP contribution is -1.89. The molecule has 0 radical (unpaired) electrons. The summed E-state index contributed by atoms with van der Waals surface area (Å²) in [6.45, 7) is 0. The number of benzene rings is 5. The maximum atomic E-state index is 3.51. The molecule has 0 saturated heterocycles. The molecule has 5 rings (SSSR count). The van der Waals surface area contributed by atoms with Gasteiger partial charge in [0.25, 0.3) is 0 Å². The van der Waals surface area contributed by atoms with Crippen molar-refractivity contribution in [2.24, 2.45) is 0 Å². The van der Waals surface area contributed by atoms with Gasteiger partial charge >= 0.3 is 0 Å². The van der Waals surface area contributed by atoms with Crippen LogP contribution in [0.2, 0.25) is 0 Å². The van der Waals surface area contributed by atoms with E-state index >= 15 is 0 Å². The summed E-state index contributed by atoms with van der Waals surface area (Å²) >= 11 is 0. The van der Waals surface area contributed by atoms with Gasteiger partial charge in [-0.3, -0.25) is 0 Å². The fraction of sp³-hybridized carbons (Fsp3) is 0. The zero-order valence-electron chi connectivity index (χ0n) is 15.4. The zero-order valence-corrected chi connectivity index (χ0v) is 15.4. The molecular weight excluding hydrogens is 336 g/mol. The molecule has 0 N–H and O–H groups in total. The highest BCUT2D eigenvalue weighted by Gasteiger charge is 2.11. The van der Waals surface area contributed by atoms with E-state index in [0.29, 0.717) is 0 Å². The molecule has 0 aliphatic heterocycles. The second-order valence-electron chi connectivity index (χ2n) is 6.85. The van der Waals surface area contributed by atoms with Crippen LogP contribution in [0.3, 0.4) is 0 Å². The van der Waals surface area contributed by atoms with Crippen LogP contribution in [0.15, 0.2) is 109 Å². The van der Waals surface area contributed by atoms with Crippen molar-refractivity contribution in [3.63, 3.8) is 0 Å². The van der Waals surface area contributed by atoms with Gasteiger partial charge in [0.1, 0.15) is 0 Å². The van der Waals surface area contributed by atoms with Crippen LogP contribution in [0.5, 0.6) is 0 Å². The van der Waals surface area contributed by atoms with Gasteiger partial charge in [0.05, 0.1) is 0 Å². The SMILES string of the molecule is C(#Cc1c(-c2ccccc2)ccc2ccc3ccccc3c12)c1ccccc1. The molecule has 0 aliphatic rings. The molecule has 5 aromatic rings. The molecule has 130 valence electrons. The molecule has 0 heteroatoms. The standard InChI is InChI=1S/C28H18/c1-3-9-21(10-4-1)15-19-27-25(22-11-5-2-6-12-22)20-18-24-17-16-23-13-7-8-14-26(23)28(24)27/h1-14,16-18,20H. The van der Waals surface area contributed by atoms with Gasteiger partial charge < -0.3 is 0 Å². The smallest absolute Gasteiger partial charge is 0.0412 e. The minimum atomic E-state index is 1.03. The zero-order chi connectivity index (χ0) is 18.8. The molecule has 0 aliphatic carbocycles. The third-order valence-corrected chi connectivity index (χ3v) is 5.10. The first-order valence-corrected chi connectivity index (χ1v) is 9.47. The highest BCUT2D eigenvalue weighted by Crippen LogP contribution is 2.34. The van der Waals surface area contributed by atoms with Gasteiger partial charge in [-0.25, -0.2) is 0 Å². The van der Waals surface area contributed by atoms with E-state index in [4.69, 9.17) is 0 Å². The van der Waals surface area contributed by atoms with Crippen molar-refractivity contribution in [2.45, 2.75) is 0 Å². The van der Waals surface area contributed by atoms with E-state index in [0.717, 1.165) is 11.1 Å². The normalized spacial score (nSPS) is 10.6. The topological polar surface area (TPSA) is 0 Å². The molecule has 0 spiro atoms. The third kappa shape index (κ3) is 2.94. The van der Waals surface area contributed by atoms with Crippen molar-refractivity contribution < 1.29 is 0 Å². The van der Waals surface area contributed by atoms with Crippen molar-refractivity contribution in [3.05, 3.63) is 120 Å². The van der Waals surface area contributed by atoms with Gasteiger partial charge in [0.2, 0.25) is 0 Å². The van der Waals surface area contributed by atoms with E-state index in [2.05, 4.69) is 103 Å². The van der Waals surface area contributed by atoms with Crippen LogP contribution in [0, 0.1) is 11.8 Å². The second kappa shape index (κ2) is 7.06. The summed E-state index contributed by atoms with van der Waals surface area (Å²) in [6.07, 6.45) is 0. The fourth-order valence-electron chi connectivity index (χ4n) is 3.74. The minimum Gasteiger partial charge on any atom is -0.0622 e. The van der Waals surface area contributed by atoms with Gasteiger partial charge in [-0.15, -0.1) is 0 Å². The Hall–Kier alpha value is -3.82. The van der Waals surface area contributed by atoms with Crippen LogP contribution in [0.1, 0.15) is 11.1 Å². The van der Waals surface area contributed by atoms with Crippen LogP contribution in [0.25, 0.3) is 32.7 Å². The van der Waals surface area contributed by atoms with E-state index in [1.807, 2.05) is 18.2 Å². The monoisotopic (exact) mass is 354 g/mol. The van der Waals surface area contributed by atoms with E-state index in [1.54, 1.807) is 0 Å². The molecule has 0 fully saturated rings. The average molecular weight is 354 g/mol. The van der Waals surface area contributed by atoms with Gasteiger partial charge in [-0.1, -0.05) is 109 Å². The largest absolute Gasteiger partial charge is 0.0622 e. The molecule has 0 nitrogen and oxygen atoms in total. The fourth-order valence-corrected chi connectivity index (χ4v) is 3.74. The Morgan fingerprint density at radius 1 is 0.464 bits per heavy atom. The van der Waals surface area contributed by atoms with E-state index < -0.39 is 0 Å². The summed E-state index contributed by atoms with van der Waals surface area (Å²) in [4.78, 5) is 0. The first-order chi connectivity index (χ1) is 13.9. The van der Waals surface area contributed by atoms with E-state index in [-0.39, 0.29) is 0 Å². The Morgan fingerprint density at radius 2 is 1.11 bits per heavy atom. The Balaban J connectivity index is 1.87. The molecule has 0 saturated carbocycles. The molecule has 0 amide bonds. The first-order valence-electron chi connectivity index (χ1n) is 9.47. The van der Waals surface area contributed by atoms with Crippen LogP contribution in [0.4, 0.5) is 0 Å². The van der Waals surface area contributed by atoms with Gasteiger partial charge in [0, 0.05) is 16.5 Å². The van der Waals surface area contributed by atoms with E-state index in [9.17, 15) is 0 Å². The second-order valence-corrected chi connectivity index (χ2v) is 6.85. The van der Waals surface area contributed by atoms with E-state index in [1.165, 1.54) is 32.7 Å². The molecular formula is C28H18. The first kappa shape index (κ1) is 16.4. The van der Waals surface area contributed by atoms with Crippen LogP contribution < -0.4 is 0 Å². The quantitative estimate of drug-likeness (QED) is 0.223. The summed E-state index contributed by atoms with van der Waals surface area (Å²) in [5.41, 5.74) is 4.48. The van der Waals surface area contributed by atoms with Crippen LogP contribution in [-0.4, -0.2) is 0 Å². The Labute approximate surface area is 165 Å².